The third-order valence-electron chi connectivity index (χ3n) is 7.54. The quantitative estimate of drug-likeness (QED) is 0.367. The molecule has 2 saturated heterocycles. The number of likely N-dealkylation sites (tertiary alicyclic amines) is 1. The number of rotatable bonds is 7. The maximum atomic E-state index is 14.3. The normalized spacial score (nSPS) is 18.8. The van der Waals surface area contributed by atoms with Crippen LogP contribution in [0.2, 0.25) is 5.02 Å². The molecule has 4 aromatic heterocycles. The molecule has 0 amide bonds. The molecule has 0 radical (unpaired) electrons. The topological polar surface area (TPSA) is 103 Å². The molecule has 0 aromatic carbocycles. The van der Waals surface area contributed by atoms with Gasteiger partial charge in [0.2, 0.25) is 0 Å². The van der Waals surface area contributed by atoms with E-state index >= 15 is 0 Å². The predicted molar refractivity (Wildman–Crippen MR) is 138 cm³/mol. The van der Waals surface area contributed by atoms with Crippen molar-refractivity contribution in [3.8, 4) is 17.0 Å². The summed E-state index contributed by atoms with van der Waals surface area (Å²) < 4.78 is 42.5. The fraction of sp³-hybridized carbons (Fsp3) is 0.462. The minimum absolute atomic E-state index is 0.246. The second-order valence-electron chi connectivity index (χ2n) is 10.4. The number of nitrogens with zero attached hydrogens (tertiary/aromatic N) is 7. The molecule has 0 aliphatic carbocycles. The number of pyridine rings is 2. The summed E-state index contributed by atoms with van der Waals surface area (Å²) >= 11 is 6.39. The molecule has 10 nitrogen and oxygen atoms in total. The maximum Gasteiger partial charge on any atom is 0.150 e. The molecule has 0 bridgehead atoms. The lowest BCUT2D eigenvalue weighted by Crippen LogP contribution is -2.52. The van der Waals surface area contributed by atoms with Crippen molar-refractivity contribution >= 4 is 17.1 Å². The molecule has 1 N–H and O–H groups in total. The molecule has 0 spiro atoms. The van der Waals surface area contributed by atoms with Gasteiger partial charge in [0.15, 0.2) is 5.82 Å². The third kappa shape index (κ3) is 4.86. The summed E-state index contributed by atoms with van der Waals surface area (Å²) in [7, 11) is 0. The number of ether oxygens (including phenoxy) is 2. The molecule has 6 rings (SSSR count). The average Bonchev–Trinajstić information content (AvgIpc) is 3.44. The summed E-state index contributed by atoms with van der Waals surface area (Å²) in [5, 5.41) is 24.5. The first kappa shape index (κ1) is 26.1. The smallest absolute Gasteiger partial charge is 0.150 e. The third-order valence-corrected chi connectivity index (χ3v) is 7.82. The van der Waals surface area contributed by atoms with Crippen LogP contribution in [0, 0.1) is 18.6 Å². The van der Waals surface area contributed by atoms with Crippen molar-refractivity contribution in [2.45, 2.75) is 44.4 Å². The van der Waals surface area contributed by atoms with Gasteiger partial charge in [0.05, 0.1) is 48.4 Å². The first-order chi connectivity index (χ1) is 18.7. The van der Waals surface area contributed by atoms with Crippen LogP contribution >= 0.6 is 11.6 Å². The van der Waals surface area contributed by atoms with E-state index in [2.05, 4.69) is 25.3 Å². The number of fused-ring (bicyclic) bond motifs is 1. The van der Waals surface area contributed by atoms with Gasteiger partial charge in [-0.25, -0.2) is 18.0 Å². The molecule has 1 unspecified atom stereocenters. The Kier molecular flexibility index (Phi) is 6.74. The largest absolute Gasteiger partial charge is 0.488 e. The summed E-state index contributed by atoms with van der Waals surface area (Å²) in [5.74, 6) is -1.50. The standard InChI is InChI=1S/C26H28ClF2N7O3/c1-15-23(32-33-36(15)18-3-5-34(6-4-18)19-12-38-13-19)16-7-22(24-20(27)10-31-35(24)11-16)39-14-26(2,37)25-21(29)8-17(28)9-30-25/h7-11,18-19,37H,3-6,12-14H2,1-2H3. The van der Waals surface area contributed by atoms with Gasteiger partial charge < -0.3 is 14.6 Å². The van der Waals surface area contributed by atoms with Crippen LogP contribution in [0.25, 0.3) is 16.8 Å². The second kappa shape index (κ2) is 10.1. The molecule has 1 atom stereocenters. The van der Waals surface area contributed by atoms with Crippen LogP contribution < -0.4 is 4.74 Å². The molecule has 6 heterocycles. The summed E-state index contributed by atoms with van der Waals surface area (Å²) in [4.78, 5) is 6.20. The Bertz CT molecular complexity index is 1510. The molecular formula is C26H28ClF2N7O3. The molecule has 2 aliphatic heterocycles. The van der Waals surface area contributed by atoms with Crippen molar-refractivity contribution < 1.29 is 23.4 Å². The molecule has 2 aliphatic rings. The van der Waals surface area contributed by atoms with Crippen LogP contribution in [0.1, 0.15) is 37.2 Å². The molecule has 2 fully saturated rings. The van der Waals surface area contributed by atoms with Crippen LogP contribution in [-0.2, 0) is 10.3 Å². The highest BCUT2D eigenvalue weighted by molar-refractivity contribution is 6.34. The van der Waals surface area contributed by atoms with E-state index in [9.17, 15) is 13.9 Å². The number of aliphatic hydroxyl groups is 1. The highest BCUT2D eigenvalue weighted by atomic mass is 35.5. The Morgan fingerprint density at radius 2 is 1.95 bits per heavy atom. The van der Waals surface area contributed by atoms with Crippen molar-refractivity contribution in [1.29, 1.82) is 0 Å². The summed E-state index contributed by atoms with van der Waals surface area (Å²) in [6, 6.07) is 3.19. The minimum atomic E-state index is -1.85. The van der Waals surface area contributed by atoms with Crippen molar-refractivity contribution in [3.05, 3.63) is 58.8 Å². The Morgan fingerprint density at radius 1 is 1.18 bits per heavy atom. The lowest BCUT2D eigenvalue weighted by molar-refractivity contribution is -0.0735. The van der Waals surface area contributed by atoms with Gasteiger partial charge in [-0.15, -0.1) is 5.10 Å². The summed E-state index contributed by atoms with van der Waals surface area (Å²) in [5.41, 5.74) is 0.564. The average molecular weight is 560 g/mol. The first-order valence-electron chi connectivity index (χ1n) is 12.8. The predicted octanol–water partition coefficient (Wildman–Crippen LogP) is 3.55. The van der Waals surface area contributed by atoms with E-state index in [1.165, 1.54) is 13.1 Å². The van der Waals surface area contributed by atoms with E-state index in [0.717, 1.165) is 51.0 Å². The Labute approximate surface area is 228 Å². The molecule has 0 saturated carbocycles. The molecule has 39 heavy (non-hydrogen) atoms. The van der Waals surface area contributed by atoms with Gasteiger partial charge in [-0.05, 0) is 32.8 Å². The van der Waals surface area contributed by atoms with Crippen LogP contribution in [0.5, 0.6) is 5.75 Å². The molecule has 4 aromatic rings. The number of piperidine rings is 1. The van der Waals surface area contributed by atoms with Gasteiger partial charge in [-0.1, -0.05) is 16.8 Å². The van der Waals surface area contributed by atoms with Crippen LogP contribution in [0.15, 0.2) is 30.7 Å². The number of hydrogen-bond acceptors (Lipinski definition) is 8. The minimum Gasteiger partial charge on any atom is -0.488 e. The highest BCUT2D eigenvalue weighted by Gasteiger charge is 2.32. The van der Waals surface area contributed by atoms with Crippen molar-refractivity contribution in [2.24, 2.45) is 0 Å². The fourth-order valence-electron chi connectivity index (χ4n) is 5.27. The monoisotopic (exact) mass is 559 g/mol. The van der Waals surface area contributed by atoms with Gasteiger partial charge in [0, 0.05) is 30.9 Å². The SMILES string of the molecule is Cc1c(-c2cc(OCC(C)(O)c3ncc(F)cc3F)c3c(Cl)cnn3c2)nnn1C1CCN(C2COC2)CC1. The number of aromatic nitrogens is 6. The van der Waals surface area contributed by atoms with E-state index in [-0.39, 0.29) is 18.3 Å². The fourth-order valence-corrected chi connectivity index (χ4v) is 5.49. The van der Waals surface area contributed by atoms with Gasteiger partial charge in [0.25, 0.3) is 0 Å². The van der Waals surface area contributed by atoms with Gasteiger partial charge in [0.1, 0.15) is 40.7 Å². The van der Waals surface area contributed by atoms with E-state index < -0.39 is 17.2 Å². The van der Waals surface area contributed by atoms with Gasteiger partial charge in [-0.3, -0.25) is 9.88 Å². The zero-order valence-electron chi connectivity index (χ0n) is 21.5. The van der Waals surface area contributed by atoms with Crippen LogP contribution in [-0.4, -0.2) is 78.6 Å². The Morgan fingerprint density at radius 3 is 2.64 bits per heavy atom. The lowest BCUT2D eigenvalue weighted by atomic mass is 10.0. The van der Waals surface area contributed by atoms with Gasteiger partial charge >= 0.3 is 0 Å². The summed E-state index contributed by atoms with van der Waals surface area (Å²) in [6.07, 6.45) is 6.07. The zero-order valence-corrected chi connectivity index (χ0v) is 22.3. The van der Waals surface area contributed by atoms with E-state index in [1.807, 2.05) is 11.6 Å². The number of halogens is 3. The molecule has 13 heteroatoms. The highest BCUT2D eigenvalue weighted by Crippen LogP contribution is 2.35. The maximum absolute atomic E-state index is 14.3. The second-order valence-corrected chi connectivity index (χ2v) is 10.8. The Hall–Kier alpha value is -3.19. The number of hydrogen-bond donors (Lipinski definition) is 1. The van der Waals surface area contributed by atoms with E-state index in [0.29, 0.717) is 39.7 Å². The van der Waals surface area contributed by atoms with Crippen molar-refractivity contribution in [3.63, 3.8) is 0 Å². The van der Waals surface area contributed by atoms with Crippen LogP contribution in [0.3, 0.4) is 0 Å². The van der Waals surface area contributed by atoms with E-state index in [4.69, 9.17) is 21.1 Å². The first-order valence-corrected chi connectivity index (χ1v) is 13.2. The Balaban J connectivity index is 1.26. The van der Waals surface area contributed by atoms with Crippen molar-refractivity contribution in [1.82, 2.24) is 34.5 Å². The summed E-state index contributed by atoms with van der Waals surface area (Å²) in [6.45, 7) is 6.56. The lowest BCUT2D eigenvalue weighted by Gasteiger charge is -2.41. The molecule has 206 valence electrons. The van der Waals surface area contributed by atoms with E-state index in [1.54, 1.807) is 16.8 Å². The van der Waals surface area contributed by atoms with Crippen molar-refractivity contribution in [2.75, 3.05) is 32.9 Å². The molecular weight excluding hydrogens is 532 g/mol. The van der Waals surface area contributed by atoms with Crippen LogP contribution in [0.4, 0.5) is 8.78 Å². The van der Waals surface area contributed by atoms with Gasteiger partial charge in [-0.2, -0.15) is 5.10 Å². The zero-order chi connectivity index (χ0) is 27.3.